The lowest BCUT2D eigenvalue weighted by atomic mass is 9.95. The fourth-order valence-corrected chi connectivity index (χ4v) is 9.58. The van der Waals surface area contributed by atoms with Crippen LogP contribution in [0, 0.1) is 22.7 Å². The van der Waals surface area contributed by atoms with E-state index in [1.807, 2.05) is 0 Å². The molecule has 1 rings (SSSR count). The van der Waals surface area contributed by atoms with E-state index >= 15 is 0 Å². The number of rotatable bonds is 8. The molecule has 1 aliphatic rings. The van der Waals surface area contributed by atoms with Crippen LogP contribution in [0.5, 0.6) is 0 Å². The third kappa shape index (κ3) is 6.19. The Labute approximate surface area is 136 Å². The van der Waals surface area contributed by atoms with Gasteiger partial charge in [0.25, 0.3) is 0 Å². The molecule has 0 amide bonds. The first-order valence-electron chi connectivity index (χ1n) is 8.87. The molecule has 1 nitrogen and oxygen atoms in total. The molecule has 0 aromatic heterocycles. The normalized spacial score (nSPS) is 30.6. The summed E-state index contributed by atoms with van der Waals surface area (Å²) < 4.78 is 0. The van der Waals surface area contributed by atoms with Gasteiger partial charge in [-0.05, 0) is 22.7 Å². The lowest BCUT2D eigenvalue weighted by Crippen LogP contribution is -2.38. The standard InChI is InChI=1S/C18H41NSi2/c1-15-16(11-20(5,6)7)18(15,4)13-19-12-17(2,3)14-21(8,9)10/h15-16,19H,11-14H2,1-10H3. The molecule has 126 valence electrons. The van der Waals surface area contributed by atoms with E-state index in [4.69, 9.17) is 0 Å². The lowest BCUT2D eigenvalue weighted by Gasteiger charge is -2.32. The maximum Gasteiger partial charge on any atom is 0.0448 e. The Balaban J connectivity index is 2.42. The fourth-order valence-electron chi connectivity index (χ4n) is 4.44. The van der Waals surface area contributed by atoms with Crippen molar-refractivity contribution in [3.8, 4) is 0 Å². The molecule has 1 fully saturated rings. The highest BCUT2D eigenvalue weighted by atomic mass is 28.3. The molecule has 3 unspecified atom stereocenters. The number of hydrogen-bond acceptors (Lipinski definition) is 1. The maximum absolute atomic E-state index is 3.83. The molecule has 3 heteroatoms. The number of hydrogen-bond donors (Lipinski definition) is 1. The second-order valence-corrected chi connectivity index (χ2v) is 22.2. The minimum Gasteiger partial charge on any atom is -0.316 e. The highest BCUT2D eigenvalue weighted by Gasteiger charge is 2.58. The first kappa shape index (κ1) is 19.4. The van der Waals surface area contributed by atoms with E-state index < -0.39 is 16.1 Å². The molecule has 0 aromatic rings. The average molecular weight is 328 g/mol. The van der Waals surface area contributed by atoms with Crippen LogP contribution < -0.4 is 5.32 Å². The Hall–Kier alpha value is 0.394. The largest absolute Gasteiger partial charge is 0.316 e. The van der Waals surface area contributed by atoms with Crippen molar-refractivity contribution in [2.45, 2.75) is 79.1 Å². The van der Waals surface area contributed by atoms with Gasteiger partial charge < -0.3 is 5.32 Å². The SMILES string of the molecule is CC1C(C[Si](C)(C)C)C1(C)CNCC(C)(C)C[Si](C)(C)C. The van der Waals surface area contributed by atoms with Gasteiger partial charge >= 0.3 is 0 Å². The Morgan fingerprint density at radius 1 is 1.00 bits per heavy atom. The first-order valence-corrected chi connectivity index (χ1v) is 16.3. The average Bonchev–Trinajstić information content (AvgIpc) is 2.64. The molecule has 1 N–H and O–H groups in total. The van der Waals surface area contributed by atoms with Gasteiger partial charge in [-0.15, -0.1) is 0 Å². The second kappa shape index (κ2) is 6.12. The summed E-state index contributed by atoms with van der Waals surface area (Å²) in [6.07, 6.45) is 0. The quantitative estimate of drug-likeness (QED) is 0.576. The van der Waals surface area contributed by atoms with E-state index in [0.29, 0.717) is 10.8 Å². The molecule has 0 spiro atoms. The van der Waals surface area contributed by atoms with Crippen molar-refractivity contribution in [1.29, 1.82) is 0 Å². The van der Waals surface area contributed by atoms with Crippen LogP contribution in [-0.2, 0) is 0 Å². The van der Waals surface area contributed by atoms with Crippen molar-refractivity contribution >= 4 is 16.1 Å². The zero-order valence-electron chi connectivity index (χ0n) is 16.5. The van der Waals surface area contributed by atoms with Gasteiger partial charge in [0.2, 0.25) is 0 Å². The summed E-state index contributed by atoms with van der Waals surface area (Å²) >= 11 is 0. The molecule has 0 saturated heterocycles. The van der Waals surface area contributed by atoms with Crippen molar-refractivity contribution in [1.82, 2.24) is 5.32 Å². The van der Waals surface area contributed by atoms with Crippen LogP contribution in [0.3, 0.4) is 0 Å². The van der Waals surface area contributed by atoms with Crippen LogP contribution >= 0.6 is 0 Å². The van der Waals surface area contributed by atoms with E-state index in [1.54, 1.807) is 0 Å². The van der Waals surface area contributed by atoms with Gasteiger partial charge in [-0.25, -0.2) is 0 Å². The van der Waals surface area contributed by atoms with Crippen molar-refractivity contribution in [3.63, 3.8) is 0 Å². The summed E-state index contributed by atoms with van der Waals surface area (Å²) in [5.41, 5.74) is 1.02. The van der Waals surface area contributed by atoms with Crippen molar-refractivity contribution in [3.05, 3.63) is 0 Å². The Morgan fingerprint density at radius 3 is 1.95 bits per heavy atom. The van der Waals surface area contributed by atoms with Gasteiger partial charge in [0.1, 0.15) is 0 Å². The van der Waals surface area contributed by atoms with E-state index in [9.17, 15) is 0 Å². The zero-order valence-corrected chi connectivity index (χ0v) is 18.5. The lowest BCUT2D eigenvalue weighted by molar-refractivity contribution is 0.343. The molecular weight excluding hydrogens is 286 g/mol. The monoisotopic (exact) mass is 327 g/mol. The van der Waals surface area contributed by atoms with E-state index in [-0.39, 0.29) is 0 Å². The van der Waals surface area contributed by atoms with Gasteiger partial charge in [0, 0.05) is 29.2 Å². The Kier molecular flexibility index (Phi) is 5.67. The maximum atomic E-state index is 3.83. The predicted molar refractivity (Wildman–Crippen MR) is 104 cm³/mol. The van der Waals surface area contributed by atoms with E-state index in [1.165, 1.54) is 25.2 Å². The van der Waals surface area contributed by atoms with Crippen molar-refractivity contribution in [2.24, 2.45) is 22.7 Å². The third-order valence-corrected chi connectivity index (χ3v) is 9.01. The zero-order chi connectivity index (χ0) is 16.7. The van der Waals surface area contributed by atoms with Crippen LogP contribution in [0.25, 0.3) is 0 Å². The second-order valence-electron chi connectivity index (χ2n) is 11.2. The van der Waals surface area contributed by atoms with E-state index in [0.717, 1.165) is 11.8 Å². The molecule has 0 aliphatic heterocycles. The molecule has 1 aliphatic carbocycles. The molecule has 21 heavy (non-hydrogen) atoms. The summed E-state index contributed by atoms with van der Waals surface area (Å²) in [6, 6.07) is 2.92. The Morgan fingerprint density at radius 2 is 1.52 bits per heavy atom. The van der Waals surface area contributed by atoms with Crippen molar-refractivity contribution in [2.75, 3.05) is 13.1 Å². The van der Waals surface area contributed by atoms with Gasteiger partial charge in [0.05, 0.1) is 0 Å². The predicted octanol–water partition coefficient (Wildman–Crippen LogP) is 5.55. The summed E-state index contributed by atoms with van der Waals surface area (Å²) in [7, 11) is -1.88. The molecule has 3 atom stereocenters. The Bertz CT molecular complexity index is 351. The first-order chi connectivity index (χ1) is 9.16. The smallest absolute Gasteiger partial charge is 0.0448 e. The van der Waals surface area contributed by atoms with Crippen molar-refractivity contribution < 1.29 is 0 Å². The molecular formula is C18H41NSi2. The minimum atomic E-state index is -0.966. The van der Waals surface area contributed by atoms with Gasteiger partial charge in [-0.2, -0.15) is 0 Å². The van der Waals surface area contributed by atoms with Crippen LogP contribution in [0.1, 0.15) is 27.7 Å². The van der Waals surface area contributed by atoms with Gasteiger partial charge in [0.15, 0.2) is 0 Å². The fraction of sp³-hybridized carbons (Fsp3) is 1.00. The summed E-state index contributed by atoms with van der Waals surface area (Å²) in [5, 5.41) is 3.83. The van der Waals surface area contributed by atoms with E-state index in [2.05, 4.69) is 72.3 Å². The summed E-state index contributed by atoms with van der Waals surface area (Å²) in [4.78, 5) is 0. The minimum absolute atomic E-state index is 0.452. The number of nitrogens with one attached hydrogen (secondary N) is 1. The molecule has 0 radical (unpaired) electrons. The van der Waals surface area contributed by atoms with Gasteiger partial charge in [-0.3, -0.25) is 0 Å². The third-order valence-electron chi connectivity index (χ3n) is 5.33. The molecule has 0 aromatic carbocycles. The topological polar surface area (TPSA) is 12.0 Å². The van der Waals surface area contributed by atoms with Gasteiger partial charge in [-0.1, -0.05) is 79.1 Å². The molecule has 1 saturated carbocycles. The van der Waals surface area contributed by atoms with Crippen LogP contribution in [0.4, 0.5) is 0 Å². The highest BCUT2D eigenvalue weighted by molar-refractivity contribution is 6.76. The van der Waals surface area contributed by atoms with Crippen LogP contribution in [-0.4, -0.2) is 29.2 Å². The van der Waals surface area contributed by atoms with Crippen LogP contribution in [0.15, 0.2) is 0 Å². The van der Waals surface area contributed by atoms with Crippen LogP contribution in [0.2, 0.25) is 51.4 Å². The molecule has 0 bridgehead atoms. The molecule has 0 heterocycles. The summed E-state index contributed by atoms with van der Waals surface area (Å²) in [6.45, 7) is 27.3. The summed E-state index contributed by atoms with van der Waals surface area (Å²) in [5.74, 6) is 1.88. The highest BCUT2D eigenvalue weighted by Crippen LogP contribution is 2.61.